The number of amides is 3. The molecular formula is C20H23N3O2. The number of urea groups is 1. The fourth-order valence-corrected chi connectivity index (χ4v) is 4.22. The number of rotatable bonds is 1. The van der Waals surface area contributed by atoms with E-state index in [1.165, 1.54) is 0 Å². The van der Waals surface area contributed by atoms with Crippen molar-refractivity contribution in [3.63, 3.8) is 0 Å². The summed E-state index contributed by atoms with van der Waals surface area (Å²) in [5.74, 6) is 0.194. The van der Waals surface area contributed by atoms with Crippen molar-refractivity contribution in [1.82, 2.24) is 9.80 Å². The van der Waals surface area contributed by atoms with Crippen LogP contribution in [-0.4, -0.2) is 48.4 Å². The van der Waals surface area contributed by atoms with Crippen molar-refractivity contribution in [3.8, 4) is 0 Å². The number of hydrogen-bond acceptors (Lipinski definition) is 2. The van der Waals surface area contributed by atoms with Gasteiger partial charge in [-0.15, -0.1) is 0 Å². The lowest BCUT2D eigenvalue weighted by Crippen LogP contribution is -2.49. The Morgan fingerprint density at radius 1 is 1.08 bits per heavy atom. The van der Waals surface area contributed by atoms with E-state index in [9.17, 15) is 9.59 Å². The highest BCUT2D eigenvalue weighted by Crippen LogP contribution is 2.39. The maximum absolute atomic E-state index is 12.8. The van der Waals surface area contributed by atoms with Crippen LogP contribution in [0, 0.1) is 5.41 Å². The molecule has 4 rings (SSSR count). The van der Waals surface area contributed by atoms with Gasteiger partial charge in [0, 0.05) is 32.1 Å². The van der Waals surface area contributed by atoms with Gasteiger partial charge in [0.25, 0.3) is 0 Å². The van der Waals surface area contributed by atoms with Crippen LogP contribution < -0.4 is 5.32 Å². The molecule has 2 saturated heterocycles. The minimum Gasteiger partial charge on any atom is -0.345 e. The number of carbonyl (C=O) groups is 2. The number of likely N-dealkylation sites (tertiary alicyclic amines) is 2. The Hall–Kier alpha value is -2.56. The van der Waals surface area contributed by atoms with Crippen LogP contribution in [0.5, 0.6) is 0 Å². The van der Waals surface area contributed by atoms with Crippen LogP contribution in [0.1, 0.15) is 19.3 Å². The Bertz CT molecular complexity index is 829. The summed E-state index contributed by atoms with van der Waals surface area (Å²) in [6, 6.07) is 13.8. The van der Waals surface area contributed by atoms with Crippen molar-refractivity contribution in [2.45, 2.75) is 19.3 Å². The number of nitrogens with one attached hydrogen (secondary N) is 1. The Morgan fingerprint density at radius 2 is 1.88 bits per heavy atom. The molecule has 1 spiro atoms. The second-order valence-electron chi connectivity index (χ2n) is 7.24. The highest BCUT2D eigenvalue weighted by Gasteiger charge is 2.48. The second kappa shape index (κ2) is 6.06. The fraction of sp³-hybridized carbons (Fsp3) is 0.400. The van der Waals surface area contributed by atoms with E-state index in [2.05, 4.69) is 5.32 Å². The average molecular weight is 337 g/mol. The van der Waals surface area contributed by atoms with Crippen molar-refractivity contribution < 1.29 is 9.59 Å². The Morgan fingerprint density at radius 3 is 2.76 bits per heavy atom. The zero-order valence-corrected chi connectivity index (χ0v) is 14.5. The molecule has 25 heavy (non-hydrogen) atoms. The number of piperidine rings is 1. The highest BCUT2D eigenvalue weighted by molar-refractivity contribution is 6.01. The number of benzene rings is 2. The lowest BCUT2D eigenvalue weighted by atomic mass is 9.78. The zero-order valence-electron chi connectivity index (χ0n) is 14.5. The van der Waals surface area contributed by atoms with Crippen molar-refractivity contribution in [2.24, 2.45) is 5.41 Å². The third-order valence-corrected chi connectivity index (χ3v) is 5.62. The summed E-state index contributed by atoms with van der Waals surface area (Å²) in [7, 11) is 1.86. The molecule has 0 radical (unpaired) electrons. The first-order chi connectivity index (χ1) is 12.1. The van der Waals surface area contributed by atoms with Crippen molar-refractivity contribution in [3.05, 3.63) is 42.5 Å². The van der Waals surface area contributed by atoms with Gasteiger partial charge in [-0.05, 0) is 30.7 Å². The molecule has 2 aromatic rings. The molecule has 0 bridgehead atoms. The molecule has 130 valence electrons. The van der Waals surface area contributed by atoms with Gasteiger partial charge in [-0.3, -0.25) is 4.79 Å². The first-order valence-electron chi connectivity index (χ1n) is 8.88. The summed E-state index contributed by atoms with van der Waals surface area (Å²) >= 11 is 0. The van der Waals surface area contributed by atoms with E-state index in [-0.39, 0.29) is 17.4 Å². The molecular weight excluding hydrogens is 314 g/mol. The van der Waals surface area contributed by atoms with Crippen LogP contribution in [0.2, 0.25) is 0 Å². The van der Waals surface area contributed by atoms with Crippen LogP contribution in [0.25, 0.3) is 10.8 Å². The molecule has 1 atom stereocenters. The molecule has 0 aliphatic carbocycles. The first-order valence-corrected chi connectivity index (χ1v) is 8.88. The minimum absolute atomic E-state index is 0.116. The highest BCUT2D eigenvalue weighted by atomic mass is 16.2. The first kappa shape index (κ1) is 15.9. The molecule has 2 aliphatic heterocycles. The van der Waals surface area contributed by atoms with Crippen LogP contribution in [-0.2, 0) is 4.79 Å². The SMILES string of the molecule is CN1CCC[C@]2(CCN(C(=O)Nc3cccc4ccccc34)C2)C1=O. The molecule has 2 aliphatic rings. The lowest BCUT2D eigenvalue weighted by molar-refractivity contribution is -0.143. The van der Waals surface area contributed by atoms with Crippen LogP contribution in [0.3, 0.4) is 0 Å². The third kappa shape index (κ3) is 2.73. The second-order valence-corrected chi connectivity index (χ2v) is 7.24. The Kier molecular flexibility index (Phi) is 3.86. The van der Waals surface area contributed by atoms with Gasteiger partial charge in [-0.2, -0.15) is 0 Å². The third-order valence-electron chi connectivity index (χ3n) is 5.62. The van der Waals surface area contributed by atoms with Gasteiger partial charge >= 0.3 is 6.03 Å². The van der Waals surface area contributed by atoms with Gasteiger partial charge in [0.1, 0.15) is 0 Å². The molecule has 0 saturated carbocycles. The van der Waals surface area contributed by atoms with Gasteiger partial charge in [0.2, 0.25) is 5.91 Å². The quantitative estimate of drug-likeness (QED) is 0.868. The number of fused-ring (bicyclic) bond motifs is 1. The smallest absolute Gasteiger partial charge is 0.321 e. The Balaban J connectivity index is 1.51. The average Bonchev–Trinajstić information content (AvgIpc) is 3.05. The van der Waals surface area contributed by atoms with E-state index in [4.69, 9.17) is 0 Å². The molecule has 0 aromatic heterocycles. The van der Waals surface area contributed by atoms with E-state index >= 15 is 0 Å². The molecule has 2 heterocycles. The number of nitrogens with zero attached hydrogens (tertiary/aromatic N) is 2. The predicted molar refractivity (Wildman–Crippen MR) is 98.5 cm³/mol. The lowest BCUT2D eigenvalue weighted by Gasteiger charge is -2.37. The summed E-state index contributed by atoms with van der Waals surface area (Å²) < 4.78 is 0. The van der Waals surface area contributed by atoms with Crippen LogP contribution in [0.4, 0.5) is 10.5 Å². The van der Waals surface area contributed by atoms with Gasteiger partial charge in [0.05, 0.1) is 11.1 Å². The van der Waals surface area contributed by atoms with Crippen LogP contribution >= 0.6 is 0 Å². The summed E-state index contributed by atoms with van der Waals surface area (Å²) in [6.45, 7) is 1.98. The van der Waals surface area contributed by atoms with E-state index in [1.54, 1.807) is 4.90 Å². The van der Waals surface area contributed by atoms with Gasteiger partial charge < -0.3 is 15.1 Å². The van der Waals surface area contributed by atoms with Gasteiger partial charge in [-0.25, -0.2) is 4.79 Å². The summed E-state index contributed by atoms with van der Waals surface area (Å²) in [6.07, 6.45) is 2.66. The molecule has 1 N–H and O–H groups in total. The molecule has 3 amide bonds. The number of anilines is 1. The van der Waals surface area contributed by atoms with Crippen LogP contribution in [0.15, 0.2) is 42.5 Å². The summed E-state index contributed by atoms with van der Waals surface area (Å²) in [5.41, 5.74) is 0.444. The topological polar surface area (TPSA) is 52.6 Å². The maximum Gasteiger partial charge on any atom is 0.321 e. The fourth-order valence-electron chi connectivity index (χ4n) is 4.22. The largest absolute Gasteiger partial charge is 0.345 e. The monoisotopic (exact) mass is 337 g/mol. The maximum atomic E-state index is 12.8. The summed E-state index contributed by atoms with van der Waals surface area (Å²) in [4.78, 5) is 29.0. The number of hydrogen-bond donors (Lipinski definition) is 1. The van der Waals surface area contributed by atoms with Gasteiger partial charge in [0.15, 0.2) is 0 Å². The Labute approximate surface area is 147 Å². The zero-order chi connectivity index (χ0) is 17.4. The normalized spacial score (nSPS) is 23.5. The van der Waals surface area contributed by atoms with Crippen molar-refractivity contribution in [2.75, 3.05) is 32.0 Å². The molecule has 0 unspecified atom stereocenters. The van der Waals surface area contributed by atoms with E-state index in [0.29, 0.717) is 13.1 Å². The van der Waals surface area contributed by atoms with Crippen molar-refractivity contribution >= 4 is 28.4 Å². The van der Waals surface area contributed by atoms with E-state index < -0.39 is 0 Å². The van der Waals surface area contributed by atoms with E-state index in [0.717, 1.165) is 42.3 Å². The molecule has 2 fully saturated rings. The molecule has 5 nitrogen and oxygen atoms in total. The molecule has 5 heteroatoms. The number of carbonyl (C=O) groups excluding carboxylic acids is 2. The van der Waals surface area contributed by atoms with Crippen molar-refractivity contribution in [1.29, 1.82) is 0 Å². The van der Waals surface area contributed by atoms with E-state index in [1.807, 2.05) is 54.4 Å². The molecule has 2 aromatic carbocycles. The standard InChI is InChI=1S/C20H23N3O2/c1-22-12-5-10-20(18(22)24)11-13-23(14-20)19(25)21-17-9-4-7-15-6-2-3-8-16(15)17/h2-4,6-9H,5,10-14H2,1H3,(H,21,25)/t20-/m1/s1. The van der Waals surface area contributed by atoms with Gasteiger partial charge in [-0.1, -0.05) is 36.4 Å². The summed E-state index contributed by atoms with van der Waals surface area (Å²) in [5, 5.41) is 5.16. The minimum atomic E-state index is -0.372. The predicted octanol–water partition coefficient (Wildman–Crippen LogP) is 3.32.